The van der Waals surface area contributed by atoms with Gasteiger partial charge in [0.15, 0.2) is 0 Å². The Bertz CT molecular complexity index is 478. The number of benzene rings is 1. The third-order valence-electron chi connectivity index (χ3n) is 3.56. The van der Waals surface area contributed by atoms with Crippen molar-refractivity contribution in [1.29, 1.82) is 0 Å². The van der Waals surface area contributed by atoms with Gasteiger partial charge in [0.25, 0.3) is 0 Å². The average Bonchev–Trinajstić information content (AvgIpc) is 2.73. The van der Waals surface area contributed by atoms with E-state index in [9.17, 15) is 9.18 Å². The molecule has 1 fully saturated rings. The Balaban J connectivity index is 1.95. The molecule has 88 valence electrons. The summed E-state index contributed by atoms with van der Waals surface area (Å²) in [6.45, 7) is 0. The molecule has 1 saturated heterocycles. The van der Waals surface area contributed by atoms with Crippen molar-refractivity contribution in [3.8, 4) is 0 Å². The molecule has 3 heteroatoms. The highest BCUT2D eigenvalue weighted by Crippen LogP contribution is 2.39. The molecule has 0 unspecified atom stereocenters. The summed E-state index contributed by atoms with van der Waals surface area (Å²) in [7, 11) is 0. The van der Waals surface area contributed by atoms with Gasteiger partial charge in [0.05, 0.1) is 6.04 Å². The van der Waals surface area contributed by atoms with Gasteiger partial charge in [-0.1, -0.05) is 18.2 Å². The highest BCUT2D eigenvalue weighted by molar-refractivity contribution is 5.82. The highest BCUT2D eigenvalue weighted by atomic mass is 19.1. The minimum Gasteiger partial charge on any atom is -0.309 e. The molecular weight excluding hydrogens is 217 g/mol. The van der Waals surface area contributed by atoms with Crippen molar-refractivity contribution in [2.45, 2.75) is 31.7 Å². The van der Waals surface area contributed by atoms with Crippen LogP contribution in [-0.4, -0.2) is 10.8 Å². The molecule has 0 N–H and O–H groups in total. The zero-order valence-corrected chi connectivity index (χ0v) is 9.53. The van der Waals surface area contributed by atoms with E-state index in [1.54, 1.807) is 12.1 Å². The van der Waals surface area contributed by atoms with Crippen LogP contribution in [0.15, 0.2) is 36.0 Å². The van der Waals surface area contributed by atoms with Crippen molar-refractivity contribution in [2.24, 2.45) is 0 Å². The Labute approximate surface area is 99.7 Å². The molecule has 1 amide bonds. The van der Waals surface area contributed by atoms with E-state index in [0.717, 1.165) is 30.5 Å². The number of carbonyl (C=O) groups is 1. The van der Waals surface area contributed by atoms with E-state index in [2.05, 4.69) is 6.08 Å². The predicted octanol–water partition coefficient (Wildman–Crippen LogP) is 3.17. The lowest BCUT2D eigenvalue weighted by atomic mass is 9.97. The molecule has 2 aliphatic heterocycles. The number of nitrogens with zero attached hydrogens (tertiary/aromatic N) is 1. The molecule has 3 rings (SSSR count). The summed E-state index contributed by atoms with van der Waals surface area (Å²) in [5.41, 5.74) is 2.18. The van der Waals surface area contributed by atoms with Gasteiger partial charge in [0.1, 0.15) is 5.82 Å². The third kappa shape index (κ3) is 1.75. The number of allylic oxidation sites excluding steroid dienone is 2. The predicted molar refractivity (Wildman–Crippen MR) is 62.5 cm³/mol. The van der Waals surface area contributed by atoms with E-state index in [0.29, 0.717) is 6.42 Å². The maximum atomic E-state index is 12.9. The van der Waals surface area contributed by atoms with Gasteiger partial charge in [-0.25, -0.2) is 4.39 Å². The van der Waals surface area contributed by atoms with Crippen LogP contribution in [0.25, 0.3) is 0 Å². The lowest BCUT2D eigenvalue weighted by Crippen LogP contribution is -2.30. The number of hydrogen-bond donors (Lipinski definition) is 0. The summed E-state index contributed by atoms with van der Waals surface area (Å²) in [4.78, 5) is 13.8. The Morgan fingerprint density at radius 2 is 1.94 bits per heavy atom. The first-order valence-electron chi connectivity index (χ1n) is 6.02. The second-order valence-electron chi connectivity index (χ2n) is 4.60. The van der Waals surface area contributed by atoms with Gasteiger partial charge in [-0.3, -0.25) is 4.79 Å². The molecule has 0 bridgehead atoms. The van der Waals surface area contributed by atoms with Crippen molar-refractivity contribution >= 4 is 5.91 Å². The van der Waals surface area contributed by atoms with E-state index in [1.165, 1.54) is 12.1 Å². The molecule has 2 nitrogen and oxygen atoms in total. The topological polar surface area (TPSA) is 20.3 Å². The maximum absolute atomic E-state index is 12.9. The summed E-state index contributed by atoms with van der Waals surface area (Å²) in [5.74, 6) is -0.0293. The van der Waals surface area contributed by atoms with Crippen LogP contribution in [0.5, 0.6) is 0 Å². The number of hydrogen-bond acceptors (Lipinski definition) is 1. The van der Waals surface area contributed by atoms with Crippen LogP contribution in [0.1, 0.15) is 37.3 Å². The standard InChI is InChI=1S/C14H14FNO/c15-11-6-4-10(5-7-11)13-3-1-2-12-8-9-14(17)16(12)13/h2,4-7,13H,1,3,8-9H2/t13-/m1/s1. The summed E-state index contributed by atoms with van der Waals surface area (Å²) in [6, 6.07) is 6.61. The second kappa shape index (κ2) is 3.99. The monoisotopic (exact) mass is 231 g/mol. The molecule has 2 heterocycles. The van der Waals surface area contributed by atoms with E-state index in [1.807, 2.05) is 4.90 Å². The van der Waals surface area contributed by atoms with E-state index in [-0.39, 0.29) is 17.8 Å². The van der Waals surface area contributed by atoms with Crippen LogP contribution in [0.4, 0.5) is 4.39 Å². The van der Waals surface area contributed by atoms with Gasteiger partial charge in [-0.2, -0.15) is 0 Å². The van der Waals surface area contributed by atoms with Crippen molar-refractivity contribution in [3.63, 3.8) is 0 Å². The first-order chi connectivity index (χ1) is 8.25. The highest BCUT2D eigenvalue weighted by Gasteiger charge is 2.34. The van der Waals surface area contributed by atoms with Crippen molar-refractivity contribution in [2.75, 3.05) is 0 Å². The minimum absolute atomic E-state index is 0.102. The fourth-order valence-corrected chi connectivity index (χ4v) is 2.75. The fraction of sp³-hybridized carbons (Fsp3) is 0.357. The zero-order valence-electron chi connectivity index (χ0n) is 9.53. The van der Waals surface area contributed by atoms with Crippen LogP contribution in [0.2, 0.25) is 0 Å². The van der Waals surface area contributed by atoms with E-state index < -0.39 is 0 Å². The average molecular weight is 231 g/mol. The number of fused-ring (bicyclic) bond motifs is 1. The number of halogens is 1. The minimum atomic E-state index is -0.229. The normalized spacial score (nSPS) is 23.6. The molecule has 0 radical (unpaired) electrons. The van der Waals surface area contributed by atoms with Gasteiger partial charge in [-0.15, -0.1) is 0 Å². The van der Waals surface area contributed by atoms with Gasteiger partial charge < -0.3 is 4.90 Å². The van der Waals surface area contributed by atoms with Crippen molar-refractivity contribution in [1.82, 2.24) is 4.90 Å². The zero-order chi connectivity index (χ0) is 11.8. The van der Waals surface area contributed by atoms with Crippen LogP contribution in [-0.2, 0) is 4.79 Å². The van der Waals surface area contributed by atoms with Crippen molar-refractivity contribution < 1.29 is 9.18 Å². The largest absolute Gasteiger partial charge is 0.309 e. The Kier molecular flexibility index (Phi) is 2.46. The summed E-state index contributed by atoms with van der Waals surface area (Å²) in [6.07, 6.45) is 5.56. The number of amides is 1. The third-order valence-corrected chi connectivity index (χ3v) is 3.56. The van der Waals surface area contributed by atoms with Crippen molar-refractivity contribution in [3.05, 3.63) is 47.4 Å². The Morgan fingerprint density at radius 3 is 2.71 bits per heavy atom. The summed E-state index contributed by atoms with van der Waals surface area (Å²) in [5, 5.41) is 0. The second-order valence-corrected chi connectivity index (χ2v) is 4.60. The molecule has 1 atom stereocenters. The number of carbonyl (C=O) groups excluding carboxylic acids is 1. The SMILES string of the molecule is O=C1CCC2=CCC[C@H](c3ccc(F)cc3)N12. The Morgan fingerprint density at radius 1 is 1.18 bits per heavy atom. The lowest BCUT2D eigenvalue weighted by Gasteiger charge is -2.32. The molecule has 1 aromatic carbocycles. The summed E-state index contributed by atoms with van der Waals surface area (Å²) < 4.78 is 12.9. The molecule has 0 saturated carbocycles. The van der Waals surface area contributed by atoms with E-state index in [4.69, 9.17) is 0 Å². The first kappa shape index (κ1) is 10.5. The van der Waals surface area contributed by atoms with Gasteiger partial charge in [0.2, 0.25) is 5.91 Å². The van der Waals surface area contributed by atoms with Crippen LogP contribution in [0.3, 0.4) is 0 Å². The van der Waals surface area contributed by atoms with Gasteiger partial charge >= 0.3 is 0 Å². The van der Waals surface area contributed by atoms with Crippen LogP contribution < -0.4 is 0 Å². The molecule has 0 spiro atoms. The molecular formula is C14H14FNO. The van der Waals surface area contributed by atoms with Crippen LogP contribution >= 0.6 is 0 Å². The smallest absolute Gasteiger partial charge is 0.227 e. The Hall–Kier alpha value is -1.64. The molecule has 0 aliphatic carbocycles. The molecule has 2 aliphatic rings. The summed E-state index contributed by atoms with van der Waals surface area (Å²) >= 11 is 0. The first-order valence-corrected chi connectivity index (χ1v) is 6.02. The molecule has 0 aromatic heterocycles. The number of rotatable bonds is 1. The van der Waals surface area contributed by atoms with Crippen LogP contribution in [0, 0.1) is 5.82 Å². The van der Waals surface area contributed by atoms with E-state index >= 15 is 0 Å². The molecule has 17 heavy (non-hydrogen) atoms. The molecule has 1 aromatic rings. The quantitative estimate of drug-likeness (QED) is 0.727. The lowest BCUT2D eigenvalue weighted by molar-refractivity contribution is -0.128. The van der Waals surface area contributed by atoms with Gasteiger partial charge in [-0.05, 0) is 37.0 Å². The van der Waals surface area contributed by atoms with Gasteiger partial charge in [0, 0.05) is 12.1 Å². The maximum Gasteiger partial charge on any atom is 0.227 e. The fourth-order valence-electron chi connectivity index (χ4n) is 2.75.